The molecule has 7 heteroatoms. The van der Waals surface area contributed by atoms with Crippen LogP contribution in [0.25, 0.3) is 0 Å². The van der Waals surface area contributed by atoms with E-state index in [9.17, 15) is 9.59 Å². The smallest absolute Gasteiger partial charge is 0.358 e. The van der Waals surface area contributed by atoms with E-state index in [4.69, 9.17) is 19.7 Å². The van der Waals surface area contributed by atoms with Gasteiger partial charge in [-0.25, -0.2) is 14.6 Å². The first-order valence-corrected chi connectivity index (χ1v) is 5.13. The van der Waals surface area contributed by atoms with Gasteiger partial charge >= 0.3 is 11.9 Å². The van der Waals surface area contributed by atoms with E-state index in [1.807, 2.05) is 0 Å². The van der Waals surface area contributed by atoms with Gasteiger partial charge in [-0.1, -0.05) is 0 Å². The quantitative estimate of drug-likeness (QED) is 0.813. The molecular formula is C11H11NO6. The molecule has 18 heavy (non-hydrogen) atoms. The van der Waals surface area contributed by atoms with Crippen LogP contribution in [-0.4, -0.2) is 32.9 Å². The molecule has 1 aliphatic rings. The third kappa shape index (κ3) is 2.00. The molecule has 0 fully saturated rings. The van der Waals surface area contributed by atoms with E-state index in [0.717, 1.165) is 6.20 Å². The normalized spacial score (nSPS) is 16.6. The number of carboxylic acid groups (broad SMARTS) is 2. The Bertz CT molecular complexity index is 537. The van der Waals surface area contributed by atoms with Crippen LogP contribution >= 0.6 is 0 Å². The zero-order valence-electron chi connectivity index (χ0n) is 9.76. The van der Waals surface area contributed by atoms with Crippen molar-refractivity contribution in [3.05, 3.63) is 23.0 Å². The molecule has 7 nitrogen and oxygen atoms in total. The van der Waals surface area contributed by atoms with Crippen LogP contribution in [0.4, 0.5) is 0 Å². The predicted molar refractivity (Wildman–Crippen MR) is 57.7 cm³/mol. The van der Waals surface area contributed by atoms with Gasteiger partial charge in [-0.2, -0.15) is 0 Å². The Kier molecular flexibility index (Phi) is 2.70. The van der Waals surface area contributed by atoms with E-state index in [1.54, 1.807) is 13.8 Å². The SMILES string of the molecule is CC1(C)OCc2c(C(=O)O)cnc(C(=O)O)c2O1. The third-order valence-corrected chi connectivity index (χ3v) is 2.48. The number of hydrogen-bond donors (Lipinski definition) is 2. The van der Waals surface area contributed by atoms with Gasteiger partial charge in [0.1, 0.15) is 0 Å². The molecule has 2 rings (SSSR count). The summed E-state index contributed by atoms with van der Waals surface area (Å²) in [5.74, 6) is -3.54. The highest BCUT2D eigenvalue weighted by molar-refractivity contribution is 5.94. The lowest BCUT2D eigenvalue weighted by atomic mass is 10.1. The summed E-state index contributed by atoms with van der Waals surface area (Å²) in [6, 6.07) is 0. The second-order valence-corrected chi connectivity index (χ2v) is 4.23. The van der Waals surface area contributed by atoms with E-state index in [2.05, 4.69) is 4.98 Å². The third-order valence-electron chi connectivity index (χ3n) is 2.48. The predicted octanol–water partition coefficient (Wildman–Crippen LogP) is 1.12. The largest absolute Gasteiger partial charge is 0.478 e. The lowest BCUT2D eigenvalue weighted by molar-refractivity contribution is -0.180. The van der Waals surface area contributed by atoms with Crippen LogP contribution in [0.1, 0.15) is 40.3 Å². The average Bonchev–Trinajstić information content (AvgIpc) is 2.25. The van der Waals surface area contributed by atoms with Gasteiger partial charge < -0.3 is 19.7 Å². The van der Waals surface area contributed by atoms with E-state index in [0.29, 0.717) is 0 Å². The summed E-state index contributed by atoms with van der Waals surface area (Å²) >= 11 is 0. The molecule has 1 aromatic heterocycles. The van der Waals surface area contributed by atoms with E-state index >= 15 is 0 Å². The monoisotopic (exact) mass is 253 g/mol. The van der Waals surface area contributed by atoms with Crippen LogP contribution in [0.2, 0.25) is 0 Å². The van der Waals surface area contributed by atoms with Crippen LogP contribution in [0.5, 0.6) is 5.75 Å². The molecule has 0 saturated heterocycles. The molecule has 1 aromatic rings. The van der Waals surface area contributed by atoms with Crippen LogP contribution in [0.15, 0.2) is 6.20 Å². The van der Waals surface area contributed by atoms with Gasteiger partial charge in [-0.05, 0) is 0 Å². The number of hydrogen-bond acceptors (Lipinski definition) is 5. The standard InChI is InChI=1S/C11H11NO6/c1-11(2)17-4-6-5(9(13)14)3-12-7(10(15)16)8(6)18-11/h3H,4H2,1-2H3,(H,13,14)(H,15,16). The van der Waals surface area contributed by atoms with Crippen LogP contribution in [0, 0.1) is 0 Å². The zero-order chi connectivity index (χ0) is 13.5. The molecule has 0 radical (unpaired) electrons. The zero-order valence-corrected chi connectivity index (χ0v) is 9.76. The first-order valence-electron chi connectivity index (χ1n) is 5.13. The maximum atomic E-state index is 11.0. The highest BCUT2D eigenvalue weighted by Gasteiger charge is 2.34. The maximum Gasteiger partial charge on any atom is 0.358 e. The number of pyridine rings is 1. The fraction of sp³-hybridized carbons (Fsp3) is 0.364. The van der Waals surface area contributed by atoms with Crippen molar-refractivity contribution in [2.24, 2.45) is 0 Å². The molecule has 0 saturated carbocycles. The molecule has 2 N–H and O–H groups in total. The fourth-order valence-corrected chi connectivity index (χ4v) is 1.64. The summed E-state index contributed by atoms with van der Waals surface area (Å²) in [4.78, 5) is 25.7. The summed E-state index contributed by atoms with van der Waals surface area (Å²) in [5.41, 5.74) is -0.244. The average molecular weight is 253 g/mol. The Morgan fingerprint density at radius 3 is 2.56 bits per heavy atom. The number of aromatic carboxylic acids is 2. The minimum absolute atomic E-state index is 0.0350. The van der Waals surface area contributed by atoms with Crippen LogP contribution < -0.4 is 4.74 Å². The van der Waals surface area contributed by atoms with Crippen molar-refractivity contribution in [3.63, 3.8) is 0 Å². The maximum absolute atomic E-state index is 11.0. The molecule has 96 valence electrons. The van der Waals surface area contributed by atoms with Gasteiger partial charge in [0.15, 0.2) is 11.4 Å². The van der Waals surface area contributed by atoms with Gasteiger partial charge in [0.25, 0.3) is 0 Å². The Hall–Kier alpha value is -2.15. The Balaban J connectivity index is 2.64. The van der Waals surface area contributed by atoms with Crippen molar-refractivity contribution in [2.45, 2.75) is 26.2 Å². The van der Waals surface area contributed by atoms with Crippen LogP contribution in [-0.2, 0) is 11.3 Å². The van der Waals surface area contributed by atoms with Crippen molar-refractivity contribution >= 4 is 11.9 Å². The first-order chi connectivity index (χ1) is 8.32. The van der Waals surface area contributed by atoms with Crippen molar-refractivity contribution in [2.75, 3.05) is 0 Å². The number of nitrogens with zero attached hydrogens (tertiary/aromatic N) is 1. The molecule has 0 amide bonds. The Labute approximate surface area is 102 Å². The highest BCUT2D eigenvalue weighted by atomic mass is 16.7. The summed E-state index contributed by atoms with van der Waals surface area (Å²) in [6.45, 7) is 3.18. The number of fused-ring (bicyclic) bond motifs is 1. The number of carbonyl (C=O) groups is 2. The topological polar surface area (TPSA) is 106 Å². The second kappa shape index (κ2) is 3.95. The molecule has 0 spiro atoms. The van der Waals surface area contributed by atoms with Gasteiger partial charge in [-0.15, -0.1) is 0 Å². The van der Waals surface area contributed by atoms with Gasteiger partial charge in [-0.3, -0.25) is 0 Å². The second-order valence-electron chi connectivity index (χ2n) is 4.23. The molecule has 0 aliphatic carbocycles. The van der Waals surface area contributed by atoms with Gasteiger partial charge in [0, 0.05) is 25.6 Å². The van der Waals surface area contributed by atoms with E-state index < -0.39 is 17.7 Å². The summed E-state index contributed by atoms with van der Waals surface area (Å²) in [7, 11) is 0. The van der Waals surface area contributed by atoms with Crippen LogP contribution in [0.3, 0.4) is 0 Å². The minimum Gasteiger partial charge on any atom is -0.478 e. The highest BCUT2D eigenvalue weighted by Crippen LogP contribution is 2.35. The lowest BCUT2D eigenvalue weighted by Gasteiger charge is -2.33. The number of aromatic nitrogens is 1. The van der Waals surface area contributed by atoms with E-state index in [-0.39, 0.29) is 29.2 Å². The summed E-state index contributed by atoms with van der Waals surface area (Å²) in [6.07, 6.45) is 0.996. The fourth-order valence-electron chi connectivity index (χ4n) is 1.64. The molecule has 0 unspecified atom stereocenters. The summed E-state index contributed by atoms with van der Waals surface area (Å²) in [5, 5.41) is 18.0. The molecule has 0 bridgehead atoms. The van der Waals surface area contributed by atoms with Gasteiger partial charge in [0.2, 0.25) is 5.79 Å². The number of carboxylic acids is 2. The number of ether oxygens (including phenoxy) is 2. The van der Waals surface area contributed by atoms with E-state index in [1.165, 1.54) is 0 Å². The first kappa shape index (κ1) is 12.3. The minimum atomic E-state index is -1.28. The molecule has 1 aliphatic heterocycles. The lowest BCUT2D eigenvalue weighted by Crippen LogP contribution is -2.37. The summed E-state index contributed by atoms with van der Waals surface area (Å²) < 4.78 is 10.7. The van der Waals surface area contributed by atoms with Crippen molar-refractivity contribution in [1.82, 2.24) is 4.98 Å². The molecule has 0 atom stereocenters. The molecule has 0 aromatic carbocycles. The molecular weight excluding hydrogens is 242 g/mol. The van der Waals surface area contributed by atoms with Crippen molar-refractivity contribution in [3.8, 4) is 5.75 Å². The Morgan fingerprint density at radius 2 is 2.00 bits per heavy atom. The molecule has 2 heterocycles. The number of rotatable bonds is 2. The van der Waals surface area contributed by atoms with Gasteiger partial charge in [0.05, 0.1) is 12.2 Å². The van der Waals surface area contributed by atoms with Crippen molar-refractivity contribution in [1.29, 1.82) is 0 Å². The van der Waals surface area contributed by atoms with Crippen molar-refractivity contribution < 1.29 is 29.3 Å². The Morgan fingerprint density at radius 1 is 1.33 bits per heavy atom.